The van der Waals surface area contributed by atoms with Crippen LogP contribution in [-0.4, -0.2) is 40.5 Å². The number of likely N-dealkylation sites (tertiary alicyclic amines) is 1. The molecular weight excluding hydrogens is 425 g/mol. The van der Waals surface area contributed by atoms with Crippen molar-refractivity contribution in [3.05, 3.63) is 101 Å². The summed E-state index contributed by atoms with van der Waals surface area (Å²) in [5, 5.41) is 21.0. The number of rotatable bonds is 6. The number of phenols is 1. The van der Waals surface area contributed by atoms with Gasteiger partial charge in [-0.1, -0.05) is 36.4 Å². The average Bonchev–Trinajstić information content (AvgIpc) is 3.08. The number of carbonyl (C=O) groups excluding carboxylic acids is 2. The number of halogens is 1. The molecule has 2 N–H and O–H groups in total. The molecule has 0 bridgehead atoms. The first-order chi connectivity index (χ1) is 15.9. The zero-order valence-corrected chi connectivity index (χ0v) is 17.9. The van der Waals surface area contributed by atoms with Crippen molar-refractivity contribution in [3.8, 4) is 11.5 Å². The van der Waals surface area contributed by atoms with E-state index in [9.17, 15) is 24.2 Å². The zero-order valence-electron chi connectivity index (χ0n) is 17.9. The van der Waals surface area contributed by atoms with Crippen molar-refractivity contribution in [2.75, 3.05) is 13.7 Å². The van der Waals surface area contributed by atoms with Crippen LogP contribution < -0.4 is 4.74 Å². The third-order valence-electron chi connectivity index (χ3n) is 5.66. The van der Waals surface area contributed by atoms with E-state index in [1.54, 1.807) is 6.07 Å². The van der Waals surface area contributed by atoms with Crippen molar-refractivity contribution in [2.24, 2.45) is 0 Å². The Kier molecular flexibility index (Phi) is 6.13. The van der Waals surface area contributed by atoms with Crippen molar-refractivity contribution >= 4 is 17.4 Å². The van der Waals surface area contributed by atoms with Gasteiger partial charge in [0.25, 0.3) is 11.7 Å². The Labute approximate surface area is 190 Å². The number of methoxy groups -OCH3 is 1. The smallest absolute Gasteiger partial charge is 0.295 e. The van der Waals surface area contributed by atoms with Gasteiger partial charge >= 0.3 is 0 Å². The molecule has 3 aromatic carbocycles. The van der Waals surface area contributed by atoms with Crippen LogP contribution in [0.4, 0.5) is 4.39 Å². The molecule has 7 heteroatoms. The Morgan fingerprint density at radius 1 is 1.03 bits per heavy atom. The zero-order chi connectivity index (χ0) is 23.5. The van der Waals surface area contributed by atoms with Crippen LogP contribution in [-0.2, 0) is 16.0 Å². The number of ketones is 1. The van der Waals surface area contributed by atoms with Gasteiger partial charge in [-0.3, -0.25) is 9.59 Å². The summed E-state index contributed by atoms with van der Waals surface area (Å²) in [6.07, 6.45) is 0.496. The fraction of sp³-hybridized carbons (Fsp3) is 0.154. The van der Waals surface area contributed by atoms with E-state index >= 15 is 0 Å². The highest BCUT2D eigenvalue weighted by molar-refractivity contribution is 6.46. The Bertz CT molecular complexity index is 1220. The second-order valence-corrected chi connectivity index (χ2v) is 7.67. The molecule has 1 saturated heterocycles. The average molecular weight is 447 g/mol. The van der Waals surface area contributed by atoms with Crippen LogP contribution in [0.3, 0.4) is 0 Å². The number of nitrogens with zero attached hydrogens (tertiary/aromatic N) is 1. The topological polar surface area (TPSA) is 87.1 Å². The second kappa shape index (κ2) is 9.16. The fourth-order valence-electron chi connectivity index (χ4n) is 3.98. The lowest BCUT2D eigenvalue weighted by molar-refractivity contribution is -0.139. The molecule has 0 radical (unpaired) electrons. The van der Waals surface area contributed by atoms with E-state index in [0.717, 1.165) is 5.56 Å². The third-order valence-corrected chi connectivity index (χ3v) is 5.66. The Balaban J connectivity index is 1.82. The first-order valence-electron chi connectivity index (χ1n) is 10.4. The predicted octanol–water partition coefficient (Wildman–Crippen LogP) is 4.20. The summed E-state index contributed by atoms with van der Waals surface area (Å²) in [6.45, 7) is 0.225. The summed E-state index contributed by atoms with van der Waals surface area (Å²) in [6, 6.07) is 18.1. The molecule has 1 fully saturated rings. The number of Topliss-reactive ketones (excluding diaryl/α,β-unsaturated/α-hetero) is 1. The van der Waals surface area contributed by atoms with Gasteiger partial charge in [0.1, 0.15) is 11.6 Å². The molecule has 1 atom stereocenters. The number of ether oxygens (including phenoxy) is 1. The van der Waals surface area contributed by atoms with Crippen LogP contribution in [0.2, 0.25) is 0 Å². The molecular formula is C26H22FNO5. The van der Waals surface area contributed by atoms with Gasteiger partial charge in [-0.25, -0.2) is 4.39 Å². The minimum absolute atomic E-state index is 0.0963. The highest BCUT2D eigenvalue weighted by atomic mass is 19.1. The van der Waals surface area contributed by atoms with Crippen molar-refractivity contribution in [3.63, 3.8) is 0 Å². The van der Waals surface area contributed by atoms with Crippen LogP contribution >= 0.6 is 0 Å². The Hall–Kier alpha value is -4.13. The largest absolute Gasteiger partial charge is 0.507 e. The normalized spacial score (nSPS) is 17.4. The van der Waals surface area contributed by atoms with E-state index in [1.807, 2.05) is 30.3 Å². The van der Waals surface area contributed by atoms with Gasteiger partial charge in [0.15, 0.2) is 11.5 Å². The van der Waals surface area contributed by atoms with Crippen molar-refractivity contribution in [1.29, 1.82) is 0 Å². The summed E-state index contributed by atoms with van der Waals surface area (Å²) in [5.41, 5.74) is 1.58. The van der Waals surface area contributed by atoms with Gasteiger partial charge in [-0.05, 0) is 53.9 Å². The fourth-order valence-corrected chi connectivity index (χ4v) is 3.98. The van der Waals surface area contributed by atoms with E-state index in [1.165, 1.54) is 48.4 Å². The molecule has 33 heavy (non-hydrogen) atoms. The highest BCUT2D eigenvalue weighted by Gasteiger charge is 2.46. The van der Waals surface area contributed by atoms with E-state index in [2.05, 4.69) is 0 Å². The Morgan fingerprint density at radius 3 is 2.39 bits per heavy atom. The van der Waals surface area contributed by atoms with E-state index in [4.69, 9.17) is 4.74 Å². The van der Waals surface area contributed by atoms with Gasteiger partial charge < -0.3 is 19.8 Å². The molecule has 6 nitrogen and oxygen atoms in total. The number of benzene rings is 3. The lowest BCUT2D eigenvalue weighted by atomic mass is 9.95. The number of aromatic hydroxyl groups is 1. The summed E-state index contributed by atoms with van der Waals surface area (Å²) >= 11 is 0. The number of aliphatic hydroxyl groups excluding tert-OH is 1. The van der Waals surface area contributed by atoms with Crippen LogP contribution in [0.15, 0.2) is 78.4 Å². The number of carbonyl (C=O) groups is 2. The lowest BCUT2D eigenvalue weighted by Crippen LogP contribution is -2.31. The molecule has 1 aliphatic rings. The molecule has 0 spiro atoms. The molecule has 1 unspecified atom stereocenters. The molecule has 0 aromatic heterocycles. The van der Waals surface area contributed by atoms with Crippen molar-refractivity contribution in [2.45, 2.75) is 12.5 Å². The summed E-state index contributed by atoms with van der Waals surface area (Å²) in [5.74, 6) is -2.39. The van der Waals surface area contributed by atoms with Crippen LogP contribution in [0, 0.1) is 5.82 Å². The second-order valence-electron chi connectivity index (χ2n) is 7.67. The molecule has 4 rings (SSSR count). The highest BCUT2D eigenvalue weighted by Crippen LogP contribution is 2.41. The number of hydrogen-bond acceptors (Lipinski definition) is 5. The standard InChI is InChI=1S/C26H22FNO5/c1-33-21-15-18(9-12-20(21)29)23-22(24(30)17-7-10-19(27)11-8-17)25(31)26(32)28(23)14-13-16-5-3-2-4-6-16/h2-12,15,23,29-30H,13-14H2,1H3. The van der Waals surface area contributed by atoms with Gasteiger partial charge in [-0.2, -0.15) is 0 Å². The third kappa shape index (κ3) is 4.30. The van der Waals surface area contributed by atoms with E-state index in [-0.39, 0.29) is 29.2 Å². The summed E-state index contributed by atoms with van der Waals surface area (Å²) < 4.78 is 18.6. The molecule has 1 heterocycles. The maximum Gasteiger partial charge on any atom is 0.295 e. The lowest BCUT2D eigenvalue weighted by Gasteiger charge is -2.26. The molecule has 0 aliphatic carbocycles. The van der Waals surface area contributed by atoms with Crippen molar-refractivity contribution in [1.82, 2.24) is 4.90 Å². The number of hydrogen-bond donors (Lipinski definition) is 2. The van der Waals surface area contributed by atoms with Crippen LogP contribution in [0.1, 0.15) is 22.7 Å². The number of aliphatic hydroxyl groups is 1. The monoisotopic (exact) mass is 447 g/mol. The predicted molar refractivity (Wildman–Crippen MR) is 120 cm³/mol. The minimum atomic E-state index is -0.909. The first kappa shape index (κ1) is 22.1. The quantitative estimate of drug-likeness (QED) is 0.336. The molecule has 0 saturated carbocycles. The van der Waals surface area contributed by atoms with Gasteiger partial charge in [-0.15, -0.1) is 0 Å². The van der Waals surface area contributed by atoms with Crippen LogP contribution in [0.5, 0.6) is 11.5 Å². The van der Waals surface area contributed by atoms with Gasteiger partial charge in [0.05, 0.1) is 18.7 Å². The van der Waals surface area contributed by atoms with E-state index < -0.39 is 29.3 Å². The van der Waals surface area contributed by atoms with Gasteiger partial charge in [0, 0.05) is 12.1 Å². The first-order valence-corrected chi connectivity index (χ1v) is 10.4. The van der Waals surface area contributed by atoms with Crippen molar-refractivity contribution < 1.29 is 28.9 Å². The molecule has 3 aromatic rings. The van der Waals surface area contributed by atoms with Gasteiger partial charge in [0.2, 0.25) is 0 Å². The minimum Gasteiger partial charge on any atom is -0.507 e. The number of amides is 1. The van der Waals surface area contributed by atoms with E-state index in [0.29, 0.717) is 12.0 Å². The number of phenolic OH excluding ortho intramolecular Hbond substituents is 1. The molecule has 1 amide bonds. The molecule has 168 valence electrons. The molecule has 1 aliphatic heterocycles. The SMILES string of the molecule is COc1cc(C2C(=C(O)c3ccc(F)cc3)C(=O)C(=O)N2CCc2ccccc2)ccc1O. The Morgan fingerprint density at radius 2 is 1.73 bits per heavy atom. The maximum absolute atomic E-state index is 13.4. The maximum atomic E-state index is 13.4. The summed E-state index contributed by atoms with van der Waals surface area (Å²) in [4.78, 5) is 27.5. The summed E-state index contributed by atoms with van der Waals surface area (Å²) in [7, 11) is 1.39. The van der Waals surface area contributed by atoms with Crippen LogP contribution in [0.25, 0.3) is 5.76 Å².